The van der Waals surface area contributed by atoms with E-state index in [0.717, 1.165) is 18.5 Å². The predicted molar refractivity (Wildman–Crippen MR) is 75.3 cm³/mol. The molecule has 0 aliphatic heterocycles. The Morgan fingerprint density at radius 3 is 2.94 bits per heavy atom. The molecular formula is C13H20N4S. The van der Waals surface area contributed by atoms with Crippen LogP contribution >= 0.6 is 11.3 Å². The van der Waals surface area contributed by atoms with E-state index < -0.39 is 0 Å². The Morgan fingerprint density at radius 1 is 1.50 bits per heavy atom. The van der Waals surface area contributed by atoms with Crippen LogP contribution in [0.2, 0.25) is 0 Å². The van der Waals surface area contributed by atoms with E-state index in [2.05, 4.69) is 47.3 Å². The lowest BCUT2D eigenvalue weighted by Gasteiger charge is -2.13. The topological polar surface area (TPSA) is 55.9 Å². The largest absolute Gasteiger partial charge is 0.271 e. The number of hydrazine groups is 1. The van der Waals surface area contributed by atoms with Crippen LogP contribution in [-0.4, -0.2) is 9.78 Å². The smallest absolute Gasteiger partial charge is 0.0644 e. The maximum Gasteiger partial charge on any atom is 0.0644 e. The van der Waals surface area contributed by atoms with Gasteiger partial charge in [-0.2, -0.15) is 16.4 Å². The van der Waals surface area contributed by atoms with Gasteiger partial charge in [-0.3, -0.25) is 16.0 Å². The average Bonchev–Trinajstić information content (AvgIpc) is 3.05. The van der Waals surface area contributed by atoms with E-state index in [0.29, 0.717) is 6.04 Å². The van der Waals surface area contributed by atoms with Gasteiger partial charge >= 0.3 is 0 Å². The van der Waals surface area contributed by atoms with Gasteiger partial charge in [0.05, 0.1) is 11.7 Å². The van der Waals surface area contributed by atoms with Crippen molar-refractivity contribution in [2.45, 2.75) is 38.8 Å². The van der Waals surface area contributed by atoms with Gasteiger partial charge in [-0.1, -0.05) is 6.92 Å². The molecule has 0 radical (unpaired) electrons. The zero-order valence-electron chi connectivity index (χ0n) is 10.8. The van der Waals surface area contributed by atoms with E-state index >= 15 is 0 Å². The first-order valence-electron chi connectivity index (χ1n) is 6.26. The summed E-state index contributed by atoms with van der Waals surface area (Å²) in [5.41, 5.74) is 5.16. The first-order valence-corrected chi connectivity index (χ1v) is 7.21. The van der Waals surface area contributed by atoms with E-state index in [-0.39, 0.29) is 6.04 Å². The average molecular weight is 264 g/mol. The van der Waals surface area contributed by atoms with E-state index in [9.17, 15) is 0 Å². The summed E-state index contributed by atoms with van der Waals surface area (Å²) >= 11 is 1.69. The van der Waals surface area contributed by atoms with Crippen molar-refractivity contribution in [3.05, 3.63) is 40.3 Å². The Hall–Kier alpha value is -1.17. The Bertz CT molecular complexity index is 463. The fraction of sp³-hybridized carbons (Fsp3) is 0.462. The van der Waals surface area contributed by atoms with Crippen molar-refractivity contribution < 1.29 is 0 Å². The second kappa shape index (κ2) is 6.13. The second-order valence-corrected chi connectivity index (χ2v) is 5.30. The highest BCUT2D eigenvalue weighted by atomic mass is 32.1. The lowest BCUT2D eigenvalue weighted by Crippen LogP contribution is -2.29. The van der Waals surface area contributed by atoms with Gasteiger partial charge in [-0.25, -0.2) is 0 Å². The summed E-state index contributed by atoms with van der Waals surface area (Å²) < 4.78 is 2.02. The fourth-order valence-corrected chi connectivity index (χ4v) is 2.59. The van der Waals surface area contributed by atoms with Crippen molar-refractivity contribution in [1.29, 1.82) is 0 Å². The minimum atomic E-state index is 0.136. The Morgan fingerprint density at radius 2 is 2.33 bits per heavy atom. The molecule has 0 saturated carbocycles. The van der Waals surface area contributed by atoms with Gasteiger partial charge in [0.25, 0.3) is 0 Å². The van der Waals surface area contributed by atoms with Gasteiger partial charge in [0.15, 0.2) is 0 Å². The summed E-state index contributed by atoms with van der Waals surface area (Å²) in [6.45, 7) is 4.34. The highest BCUT2D eigenvalue weighted by Gasteiger charge is 2.13. The quantitative estimate of drug-likeness (QED) is 0.623. The van der Waals surface area contributed by atoms with Crippen LogP contribution in [0, 0.1) is 0 Å². The second-order valence-electron chi connectivity index (χ2n) is 4.52. The van der Waals surface area contributed by atoms with E-state index in [1.807, 2.05) is 10.9 Å². The van der Waals surface area contributed by atoms with Crippen LogP contribution in [0.4, 0.5) is 0 Å². The number of hydrogen-bond donors (Lipinski definition) is 2. The molecule has 0 aliphatic rings. The summed E-state index contributed by atoms with van der Waals surface area (Å²) in [6, 6.07) is 4.75. The van der Waals surface area contributed by atoms with Crippen molar-refractivity contribution in [2.75, 3.05) is 0 Å². The third-order valence-corrected chi connectivity index (χ3v) is 3.97. The maximum atomic E-state index is 5.62. The Labute approximate surface area is 112 Å². The molecule has 5 heteroatoms. The first-order chi connectivity index (χ1) is 8.74. The van der Waals surface area contributed by atoms with Crippen LogP contribution in [0.3, 0.4) is 0 Å². The summed E-state index contributed by atoms with van der Waals surface area (Å²) in [6.07, 6.45) is 3.95. The molecule has 2 aromatic rings. The van der Waals surface area contributed by atoms with Crippen LogP contribution in [0.15, 0.2) is 29.1 Å². The number of thiophene rings is 1. The number of nitrogens with one attached hydrogen (secondary N) is 1. The zero-order valence-corrected chi connectivity index (χ0v) is 11.7. The molecule has 2 rings (SSSR count). The summed E-state index contributed by atoms with van der Waals surface area (Å²) in [5, 5.41) is 8.79. The molecule has 0 aromatic carbocycles. The third-order valence-electron chi connectivity index (χ3n) is 3.27. The molecule has 3 N–H and O–H groups in total. The Kier molecular flexibility index (Phi) is 4.52. The van der Waals surface area contributed by atoms with E-state index in [1.165, 1.54) is 5.56 Å². The molecule has 0 amide bonds. The van der Waals surface area contributed by atoms with Gasteiger partial charge in [0.2, 0.25) is 0 Å². The maximum absolute atomic E-state index is 5.62. The van der Waals surface area contributed by atoms with Gasteiger partial charge < -0.3 is 0 Å². The summed E-state index contributed by atoms with van der Waals surface area (Å²) in [7, 11) is 0. The monoisotopic (exact) mass is 264 g/mol. The molecule has 0 spiro atoms. The Balaban J connectivity index is 2.06. The standard InChI is InChI=1S/C13H20N4S/c1-3-10(2)17-6-4-12(16-17)8-13(15-14)11-5-7-18-9-11/h4-7,9-10,13,15H,3,8,14H2,1-2H3. The highest BCUT2D eigenvalue weighted by molar-refractivity contribution is 7.07. The fourth-order valence-electron chi connectivity index (χ4n) is 1.87. The van der Waals surface area contributed by atoms with Gasteiger partial charge in [-0.15, -0.1) is 0 Å². The van der Waals surface area contributed by atoms with Gasteiger partial charge in [0, 0.05) is 18.7 Å². The summed E-state index contributed by atoms with van der Waals surface area (Å²) in [5.74, 6) is 5.62. The van der Waals surface area contributed by atoms with Crippen molar-refractivity contribution >= 4 is 11.3 Å². The minimum Gasteiger partial charge on any atom is -0.271 e. The van der Waals surface area contributed by atoms with Crippen molar-refractivity contribution in [3.8, 4) is 0 Å². The minimum absolute atomic E-state index is 0.136. The van der Waals surface area contributed by atoms with E-state index in [1.54, 1.807) is 11.3 Å². The molecule has 98 valence electrons. The van der Waals surface area contributed by atoms with Gasteiger partial charge in [0.1, 0.15) is 0 Å². The first kappa shape index (κ1) is 13.3. The third kappa shape index (κ3) is 2.98. The van der Waals surface area contributed by atoms with Crippen LogP contribution in [0.25, 0.3) is 0 Å². The van der Waals surface area contributed by atoms with Crippen LogP contribution in [-0.2, 0) is 6.42 Å². The molecule has 0 fully saturated rings. The molecular weight excluding hydrogens is 244 g/mol. The molecule has 4 nitrogen and oxygen atoms in total. The van der Waals surface area contributed by atoms with Crippen molar-refractivity contribution in [1.82, 2.24) is 15.2 Å². The lowest BCUT2D eigenvalue weighted by atomic mass is 10.1. The van der Waals surface area contributed by atoms with Crippen molar-refractivity contribution in [2.24, 2.45) is 5.84 Å². The molecule has 2 heterocycles. The van der Waals surface area contributed by atoms with Crippen LogP contribution in [0.5, 0.6) is 0 Å². The zero-order chi connectivity index (χ0) is 13.0. The molecule has 0 bridgehead atoms. The van der Waals surface area contributed by atoms with Crippen LogP contribution in [0.1, 0.15) is 43.6 Å². The van der Waals surface area contributed by atoms with Crippen LogP contribution < -0.4 is 11.3 Å². The molecule has 0 saturated heterocycles. The number of nitrogens with zero attached hydrogens (tertiary/aromatic N) is 2. The van der Waals surface area contributed by atoms with E-state index in [4.69, 9.17) is 5.84 Å². The number of rotatable bonds is 6. The van der Waals surface area contributed by atoms with Gasteiger partial charge in [-0.05, 0) is 41.8 Å². The lowest BCUT2D eigenvalue weighted by molar-refractivity contribution is 0.467. The normalized spacial score (nSPS) is 14.6. The molecule has 0 aliphatic carbocycles. The predicted octanol–water partition coefficient (Wildman–Crippen LogP) is 2.66. The molecule has 18 heavy (non-hydrogen) atoms. The number of aromatic nitrogens is 2. The van der Waals surface area contributed by atoms with Crippen molar-refractivity contribution in [3.63, 3.8) is 0 Å². The number of nitrogens with two attached hydrogens (primary N) is 1. The SMILES string of the molecule is CCC(C)n1ccc(CC(NN)c2ccsc2)n1. The molecule has 2 unspecified atom stereocenters. The highest BCUT2D eigenvalue weighted by Crippen LogP contribution is 2.20. The molecule has 2 aromatic heterocycles. The number of hydrogen-bond acceptors (Lipinski definition) is 4. The molecule has 2 atom stereocenters. The summed E-state index contributed by atoms with van der Waals surface area (Å²) in [4.78, 5) is 0.